The Morgan fingerprint density at radius 2 is 2.20 bits per heavy atom. The van der Waals surface area contributed by atoms with Crippen LogP contribution in [-0.2, 0) is 4.74 Å². The van der Waals surface area contributed by atoms with E-state index in [1.807, 2.05) is 0 Å². The highest BCUT2D eigenvalue weighted by molar-refractivity contribution is 8.22. The van der Waals surface area contributed by atoms with Crippen LogP contribution >= 0.6 is 24.0 Å². The maximum Gasteiger partial charge on any atom is 0.219 e. The Morgan fingerprint density at radius 3 is 2.60 bits per heavy atom. The molecular formula is C7H14OS2. The van der Waals surface area contributed by atoms with Crippen LogP contribution in [0, 0.1) is 5.92 Å². The molecule has 0 fully saturated rings. The van der Waals surface area contributed by atoms with E-state index >= 15 is 0 Å². The molecule has 0 saturated heterocycles. The molecule has 0 aliphatic rings. The van der Waals surface area contributed by atoms with Gasteiger partial charge in [-0.25, -0.2) is 0 Å². The Bertz CT molecular complexity index is 102. The van der Waals surface area contributed by atoms with Crippen LogP contribution in [0.1, 0.15) is 20.8 Å². The fraction of sp³-hybridized carbons (Fsp3) is 0.857. The van der Waals surface area contributed by atoms with Crippen LogP contribution in [0.2, 0.25) is 0 Å². The molecule has 10 heavy (non-hydrogen) atoms. The summed E-state index contributed by atoms with van der Waals surface area (Å²) in [5.41, 5.74) is 0. The molecule has 0 aromatic heterocycles. The Labute approximate surface area is 72.5 Å². The van der Waals surface area contributed by atoms with Crippen molar-refractivity contribution in [2.24, 2.45) is 5.92 Å². The van der Waals surface area contributed by atoms with Gasteiger partial charge in [0.2, 0.25) is 4.38 Å². The molecule has 0 bridgehead atoms. The molecule has 60 valence electrons. The highest BCUT2D eigenvalue weighted by Crippen LogP contribution is 2.06. The van der Waals surface area contributed by atoms with Crippen LogP contribution in [0.5, 0.6) is 0 Å². The summed E-state index contributed by atoms with van der Waals surface area (Å²) in [5, 5.41) is 0. The summed E-state index contributed by atoms with van der Waals surface area (Å²) in [6.07, 6.45) is 0. The van der Waals surface area contributed by atoms with Gasteiger partial charge in [0.05, 0.1) is 6.61 Å². The third-order valence-electron chi connectivity index (χ3n) is 0.797. The van der Waals surface area contributed by atoms with Crippen molar-refractivity contribution in [1.82, 2.24) is 0 Å². The summed E-state index contributed by atoms with van der Waals surface area (Å²) in [4.78, 5) is 0. The first-order chi connectivity index (χ1) is 4.66. The second-order valence-electron chi connectivity index (χ2n) is 2.39. The van der Waals surface area contributed by atoms with Crippen molar-refractivity contribution in [3.8, 4) is 0 Å². The van der Waals surface area contributed by atoms with Crippen molar-refractivity contribution < 1.29 is 4.74 Å². The Morgan fingerprint density at radius 1 is 1.60 bits per heavy atom. The zero-order valence-electron chi connectivity index (χ0n) is 6.72. The minimum absolute atomic E-state index is 0.565. The molecular weight excluding hydrogens is 164 g/mol. The lowest BCUT2D eigenvalue weighted by molar-refractivity contribution is 0.273. The lowest BCUT2D eigenvalue weighted by Crippen LogP contribution is -2.04. The molecule has 0 aromatic carbocycles. The molecule has 1 nitrogen and oxygen atoms in total. The largest absolute Gasteiger partial charge is 0.478 e. The second-order valence-corrected chi connectivity index (χ2v) is 4.25. The van der Waals surface area contributed by atoms with Crippen LogP contribution in [0.25, 0.3) is 0 Å². The molecule has 0 atom stereocenters. The molecule has 3 heteroatoms. The van der Waals surface area contributed by atoms with E-state index in [0.29, 0.717) is 10.3 Å². The zero-order chi connectivity index (χ0) is 7.98. The average molecular weight is 178 g/mol. The smallest absolute Gasteiger partial charge is 0.219 e. The molecule has 0 spiro atoms. The Balaban J connectivity index is 3.22. The molecule has 0 N–H and O–H groups in total. The third-order valence-corrected chi connectivity index (χ3v) is 1.91. The molecule has 0 rings (SSSR count). The topological polar surface area (TPSA) is 9.23 Å². The number of ether oxygens (including phenoxy) is 1. The van der Waals surface area contributed by atoms with Gasteiger partial charge >= 0.3 is 0 Å². The van der Waals surface area contributed by atoms with E-state index in [1.165, 1.54) is 0 Å². The number of rotatable bonds is 3. The number of thioether (sulfide) groups is 1. The Hall–Kier alpha value is 0.240. The van der Waals surface area contributed by atoms with Crippen molar-refractivity contribution in [3.63, 3.8) is 0 Å². The fourth-order valence-corrected chi connectivity index (χ4v) is 1.20. The van der Waals surface area contributed by atoms with Gasteiger partial charge in [0.1, 0.15) is 0 Å². The van der Waals surface area contributed by atoms with Gasteiger partial charge in [0, 0.05) is 0 Å². The molecule has 0 aliphatic heterocycles. The van der Waals surface area contributed by atoms with Crippen LogP contribution in [0.3, 0.4) is 0 Å². The molecule has 0 saturated carbocycles. The van der Waals surface area contributed by atoms with Crippen molar-refractivity contribution >= 4 is 28.4 Å². The first-order valence-electron chi connectivity index (χ1n) is 3.46. The summed E-state index contributed by atoms with van der Waals surface area (Å²) < 4.78 is 5.92. The van der Waals surface area contributed by atoms with E-state index < -0.39 is 0 Å². The van der Waals surface area contributed by atoms with Crippen LogP contribution in [-0.4, -0.2) is 16.7 Å². The zero-order valence-corrected chi connectivity index (χ0v) is 8.35. The number of thiocarbonyl (C=S) groups is 1. The quantitative estimate of drug-likeness (QED) is 0.615. The lowest BCUT2D eigenvalue weighted by Gasteiger charge is -2.07. The minimum Gasteiger partial charge on any atom is -0.478 e. The van der Waals surface area contributed by atoms with E-state index in [4.69, 9.17) is 17.0 Å². The summed E-state index contributed by atoms with van der Waals surface area (Å²) in [5.74, 6) is 1.56. The highest BCUT2D eigenvalue weighted by Gasteiger charge is 1.97. The SMILES string of the molecule is CCSC(=S)OCC(C)C. The van der Waals surface area contributed by atoms with Gasteiger partial charge in [-0.1, -0.05) is 32.5 Å². The maximum absolute atomic E-state index is 5.24. The van der Waals surface area contributed by atoms with Crippen LogP contribution < -0.4 is 0 Å². The first-order valence-corrected chi connectivity index (χ1v) is 4.85. The van der Waals surface area contributed by atoms with Crippen molar-refractivity contribution in [2.45, 2.75) is 20.8 Å². The maximum atomic E-state index is 5.24. The van der Waals surface area contributed by atoms with E-state index in [0.717, 1.165) is 12.4 Å². The third kappa shape index (κ3) is 6.36. The Kier molecular flexibility index (Phi) is 6.13. The van der Waals surface area contributed by atoms with E-state index in [9.17, 15) is 0 Å². The van der Waals surface area contributed by atoms with Crippen molar-refractivity contribution in [3.05, 3.63) is 0 Å². The standard InChI is InChI=1S/C7H14OS2/c1-4-10-7(9)8-5-6(2)3/h6H,4-5H2,1-3H3. The van der Waals surface area contributed by atoms with E-state index in [1.54, 1.807) is 11.8 Å². The fourth-order valence-electron chi connectivity index (χ4n) is 0.394. The van der Waals surface area contributed by atoms with Gasteiger partial charge in [-0.2, -0.15) is 0 Å². The minimum atomic E-state index is 0.565. The first kappa shape index (κ1) is 10.2. The van der Waals surface area contributed by atoms with Crippen molar-refractivity contribution in [1.29, 1.82) is 0 Å². The number of hydrogen-bond acceptors (Lipinski definition) is 3. The number of hydrogen-bond donors (Lipinski definition) is 0. The molecule has 0 aliphatic carbocycles. The van der Waals surface area contributed by atoms with Gasteiger partial charge in [-0.15, -0.1) is 0 Å². The van der Waals surface area contributed by atoms with Gasteiger partial charge in [0.25, 0.3) is 0 Å². The van der Waals surface area contributed by atoms with Crippen molar-refractivity contribution in [2.75, 3.05) is 12.4 Å². The molecule has 0 aromatic rings. The molecule has 0 heterocycles. The second kappa shape index (κ2) is 5.98. The van der Waals surface area contributed by atoms with Gasteiger partial charge in [0.15, 0.2) is 0 Å². The molecule has 0 amide bonds. The van der Waals surface area contributed by atoms with E-state index in [-0.39, 0.29) is 0 Å². The van der Waals surface area contributed by atoms with E-state index in [2.05, 4.69) is 20.8 Å². The summed E-state index contributed by atoms with van der Waals surface area (Å²) >= 11 is 6.49. The van der Waals surface area contributed by atoms with Crippen LogP contribution in [0.15, 0.2) is 0 Å². The predicted octanol–water partition coefficient (Wildman–Crippen LogP) is 2.70. The lowest BCUT2D eigenvalue weighted by atomic mass is 10.2. The normalized spacial score (nSPS) is 10.0. The van der Waals surface area contributed by atoms with Gasteiger partial charge in [-0.3, -0.25) is 0 Å². The van der Waals surface area contributed by atoms with Gasteiger partial charge < -0.3 is 4.74 Å². The molecule has 0 radical (unpaired) electrons. The highest BCUT2D eigenvalue weighted by atomic mass is 32.2. The average Bonchev–Trinajstić information content (AvgIpc) is 1.85. The summed E-state index contributed by atoms with van der Waals surface area (Å²) in [6, 6.07) is 0. The molecule has 0 unspecified atom stereocenters. The summed E-state index contributed by atoms with van der Waals surface area (Å²) in [7, 11) is 0. The monoisotopic (exact) mass is 178 g/mol. The predicted molar refractivity (Wildman–Crippen MR) is 51.5 cm³/mol. The summed E-state index contributed by atoms with van der Waals surface area (Å²) in [6.45, 7) is 7.03. The van der Waals surface area contributed by atoms with Crippen LogP contribution in [0.4, 0.5) is 0 Å². The van der Waals surface area contributed by atoms with Gasteiger partial charge in [-0.05, 0) is 23.9 Å².